The van der Waals surface area contributed by atoms with Crippen molar-refractivity contribution in [2.75, 3.05) is 20.0 Å². The molecule has 1 saturated carbocycles. The van der Waals surface area contributed by atoms with Crippen LogP contribution < -0.4 is 19.9 Å². The number of hydrogen-bond donors (Lipinski definition) is 1. The minimum absolute atomic E-state index is 0.254. The Bertz CT molecular complexity index is 434. The fourth-order valence-electron chi connectivity index (χ4n) is 2.64. The Morgan fingerprint density at radius 2 is 1.74 bits per heavy atom. The van der Waals surface area contributed by atoms with Crippen LogP contribution in [0.1, 0.15) is 32.6 Å². The molecule has 2 rings (SSSR count). The lowest BCUT2D eigenvalue weighted by molar-refractivity contribution is 0.129. The van der Waals surface area contributed by atoms with Crippen molar-refractivity contribution in [3.63, 3.8) is 0 Å². The van der Waals surface area contributed by atoms with E-state index >= 15 is 0 Å². The van der Waals surface area contributed by atoms with Crippen molar-refractivity contribution in [1.82, 2.24) is 0 Å². The van der Waals surface area contributed by atoms with E-state index in [0.717, 1.165) is 18.8 Å². The van der Waals surface area contributed by atoms with E-state index in [1.807, 2.05) is 6.07 Å². The molecule has 0 heterocycles. The van der Waals surface area contributed by atoms with Gasteiger partial charge < -0.3 is 19.9 Å². The highest BCUT2D eigenvalue weighted by molar-refractivity contribution is 5.62. The Kier molecular flexibility index (Phi) is 4.40. The molecule has 4 nitrogen and oxygen atoms in total. The van der Waals surface area contributed by atoms with Crippen LogP contribution in [0, 0.1) is 5.92 Å². The van der Waals surface area contributed by atoms with Gasteiger partial charge in [0.1, 0.15) is 5.75 Å². The molecule has 1 aliphatic carbocycles. The maximum atomic E-state index is 6.04. The van der Waals surface area contributed by atoms with E-state index in [1.165, 1.54) is 12.8 Å². The van der Waals surface area contributed by atoms with Crippen LogP contribution in [0.2, 0.25) is 0 Å². The molecule has 0 aromatic heterocycles. The monoisotopic (exact) mass is 265 g/mol. The molecule has 1 fully saturated rings. The van der Waals surface area contributed by atoms with Gasteiger partial charge in [-0.05, 0) is 25.2 Å². The molecule has 2 unspecified atom stereocenters. The highest BCUT2D eigenvalue weighted by atomic mass is 16.5. The summed E-state index contributed by atoms with van der Waals surface area (Å²) in [5.74, 6) is 2.69. The molecule has 0 saturated heterocycles. The number of rotatable bonds is 4. The number of nitrogens with two attached hydrogens (primary N) is 1. The molecule has 1 aliphatic rings. The van der Waals surface area contributed by atoms with Crippen LogP contribution in [0.5, 0.6) is 17.2 Å². The van der Waals surface area contributed by atoms with Gasteiger partial charge in [-0.25, -0.2) is 0 Å². The van der Waals surface area contributed by atoms with E-state index in [9.17, 15) is 0 Å². The van der Waals surface area contributed by atoms with Gasteiger partial charge >= 0.3 is 0 Å². The van der Waals surface area contributed by atoms with E-state index in [-0.39, 0.29) is 6.10 Å². The van der Waals surface area contributed by atoms with Crippen LogP contribution in [0.15, 0.2) is 12.1 Å². The zero-order valence-electron chi connectivity index (χ0n) is 11.9. The summed E-state index contributed by atoms with van der Waals surface area (Å²) in [4.78, 5) is 0. The minimum Gasteiger partial charge on any atom is -0.493 e. The third kappa shape index (κ3) is 3.25. The lowest BCUT2D eigenvalue weighted by atomic mass is 9.89. The first-order chi connectivity index (χ1) is 9.13. The standard InChI is InChI=1S/C15H23NO3/c1-10-5-4-6-11(7-10)19-13-9-15(18-3)14(17-2)8-12(13)16/h8-11H,4-7,16H2,1-3H3. The van der Waals surface area contributed by atoms with Gasteiger partial charge in [0.25, 0.3) is 0 Å². The first-order valence-electron chi connectivity index (χ1n) is 6.82. The summed E-state index contributed by atoms with van der Waals surface area (Å²) in [7, 11) is 3.21. The predicted molar refractivity (Wildman–Crippen MR) is 76.0 cm³/mol. The van der Waals surface area contributed by atoms with Crippen LogP contribution >= 0.6 is 0 Å². The smallest absolute Gasteiger partial charge is 0.164 e. The summed E-state index contributed by atoms with van der Waals surface area (Å²) in [6.45, 7) is 2.27. The van der Waals surface area contributed by atoms with E-state index < -0.39 is 0 Å². The fourth-order valence-corrected chi connectivity index (χ4v) is 2.64. The predicted octanol–water partition coefficient (Wildman–Crippen LogP) is 3.24. The molecule has 0 spiro atoms. The van der Waals surface area contributed by atoms with Crippen molar-refractivity contribution >= 4 is 5.69 Å². The van der Waals surface area contributed by atoms with Crippen LogP contribution in [0.3, 0.4) is 0 Å². The fraction of sp³-hybridized carbons (Fsp3) is 0.600. The lowest BCUT2D eigenvalue weighted by Gasteiger charge is -2.28. The second kappa shape index (κ2) is 6.04. The molecule has 2 atom stereocenters. The van der Waals surface area contributed by atoms with Crippen molar-refractivity contribution in [1.29, 1.82) is 0 Å². The number of methoxy groups -OCH3 is 2. The molecule has 0 radical (unpaired) electrons. The lowest BCUT2D eigenvalue weighted by Crippen LogP contribution is -2.24. The van der Waals surface area contributed by atoms with Crippen LogP contribution in [0.4, 0.5) is 5.69 Å². The van der Waals surface area contributed by atoms with E-state index in [1.54, 1.807) is 20.3 Å². The summed E-state index contributed by atoms with van der Waals surface area (Å²) in [5, 5.41) is 0. The van der Waals surface area contributed by atoms with Crippen LogP contribution in [0.25, 0.3) is 0 Å². The number of benzene rings is 1. The second-order valence-electron chi connectivity index (χ2n) is 5.26. The molecule has 0 bridgehead atoms. The topological polar surface area (TPSA) is 53.7 Å². The number of hydrogen-bond acceptors (Lipinski definition) is 4. The van der Waals surface area contributed by atoms with Crippen molar-refractivity contribution in [3.8, 4) is 17.2 Å². The van der Waals surface area contributed by atoms with Gasteiger partial charge in [0.2, 0.25) is 0 Å². The quantitative estimate of drug-likeness (QED) is 0.849. The molecule has 106 valence electrons. The van der Waals surface area contributed by atoms with Gasteiger partial charge in [-0.1, -0.05) is 13.3 Å². The molecule has 19 heavy (non-hydrogen) atoms. The highest BCUT2D eigenvalue weighted by Gasteiger charge is 2.21. The summed E-state index contributed by atoms with van der Waals surface area (Å²) in [6, 6.07) is 3.56. The molecule has 1 aromatic carbocycles. The maximum Gasteiger partial charge on any atom is 0.164 e. The van der Waals surface area contributed by atoms with Gasteiger partial charge in [-0.2, -0.15) is 0 Å². The zero-order valence-corrected chi connectivity index (χ0v) is 11.9. The Balaban J connectivity index is 2.15. The van der Waals surface area contributed by atoms with Crippen LogP contribution in [-0.2, 0) is 0 Å². The molecular formula is C15H23NO3. The average molecular weight is 265 g/mol. The van der Waals surface area contributed by atoms with Gasteiger partial charge in [0.05, 0.1) is 26.0 Å². The normalized spacial score (nSPS) is 22.9. The van der Waals surface area contributed by atoms with Gasteiger partial charge in [-0.15, -0.1) is 0 Å². The Hall–Kier alpha value is -1.58. The summed E-state index contributed by atoms with van der Waals surface area (Å²) in [5.41, 5.74) is 6.61. The number of nitrogen functional groups attached to an aromatic ring is 1. The van der Waals surface area contributed by atoms with Gasteiger partial charge in [0, 0.05) is 12.1 Å². The first-order valence-corrected chi connectivity index (χ1v) is 6.82. The molecule has 4 heteroatoms. The molecule has 0 aliphatic heterocycles. The van der Waals surface area contributed by atoms with Crippen molar-refractivity contribution in [3.05, 3.63) is 12.1 Å². The molecule has 1 aromatic rings. The largest absolute Gasteiger partial charge is 0.493 e. The van der Waals surface area contributed by atoms with E-state index in [2.05, 4.69) is 6.92 Å². The van der Waals surface area contributed by atoms with Crippen molar-refractivity contribution < 1.29 is 14.2 Å². The van der Waals surface area contributed by atoms with E-state index in [4.69, 9.17) is 19.9 Å². The van der Waals surface area contributed by atoms with Crippen molar-refractivity contribution in [2.45, 2.75) is 38.7 Å². The van der Waals surface area contributed by atoms with Gasteiger partial charge in [0.15, 0.2) is 11.5 Å². The highest BCUT2D eigenvalue weighted by Crippen LogP contribution is 2.38. The number of anilines is 1. The van der Waals surface area contributed by atoms with Crippen LogP contribution in [-0.4, -0.2) is 20.3 Å². The van der Waals surface area contributed by atoms with Crippen molar-refractivity contribution in [2.24, 2.45) is 5.92 Å². The SMILES string of the molecule is COc1cc(N)c(OC2CCCC(C)C2)cc1OC. The zero-order chi connectivity index (χ0) is 13.8. The van der Waals surface area contributed by atoms with Gasteiger partial charge in [-0.3, -0.25) is 0 Å². The molecule has 2 N–H and O–H groups in total. The Morgan fingerprint density at radius 3 is 2.37 bits per heavy atom. The number of ether oxygens (including phenoxy) is 3. The third-order valence-corrected chi connectivity index (χ3v) is 3.70. The average Bonchev–Trinajstić information content (AvgIpc) is 2.40. The molecular weight excluding hydrogens is 242 g/mol. The Morgan fingerprint density at radius 1 is 1.05 bits per heavy atom. The Labute approximate surface area is 114 Å². The first kappa shape index (κ1) is 13.8. The van der Waals surface area contributed by atoms with E-state index in [0.29, 0.717) is 22.9 Å². The summed E-state index contributed by atoms with van der Waals surface area (Å²) < 4.78 is 16.5. The molecule has 0 amide bonds. The summed E-state index contributed by atoms with van der Waals surface area (Å²) >= 11 is 0. The minimum atomic E-state index is 0.254. The maximum absolute atomic E-state index is 6.04. The third-order valence-electron chi connectivity index (χ3n) is 3.70. The second-order valence-corrected chi connectivity index (χ2v) is 5.26. The summed E-state index contributed by atoms with van der Waals surface area (Å²) in [6.07, 6.45) is 4.95.